The SMILES string of the molecule is CCS(=O)(=O)N1CCc2cc(-c3csc(-c4ccoc4)n3)ccc21. The lowest BCUT2D eigenvalue weighted by molar-refractivity contribution is 0.568. The highest BCUT2D eigenvalue weighted by molar-refractivity contribution is 7.92. The molecule has 3 heterocycles. The van der Waals surface area contributed by atoms with Crippen molar-refractivity contribution in [2.45, 2.75) is 13.3 Å². The maximum atomic E-state index is 12.2. The summed E-state index contributed by atoms with van der Waals surface area (Å²) in [5, 5.41) is 2.92. The first kappa shape index (κ1) is 15.4. The Morgan fingerprint density at radius 1 is 1.29 bits per heavy atom. The zero-order chi connectivity index (χ0) is 16.7. The van der Waals surface area contributed by atoms with Crippen LogP contribution in [0.1, 0.15) is 12.5 Å². The maximum Gasteiger partial charge on any atom is 0.234 e. The van der Waals surface area contributed by atoms with Crippen molar-refractivity contribution in [2.75, 3.05) is 16.6 Å². The maximum absolute atomic E-state index is 12.2. The number of benzene rings is 1. The summed E-state index contributed by atoms with van der Waals surface area (Å²) in [5.41, 5.74) is 4.73. The molecule has 0 saturated heterocycles. The summed E-state index contributed by atoms with van der Waals surface area (Å²) in [7, 11) is -3.20. The third-order valence-electron chi connectivity index (χ3n) is 4.20. The Hall–Kier alpha value is -2.12. The van der Waals surface area contributed by atoms with Crippen LogP contribution in [-0.2, 0) is 16.4 Å². The Morgan fingerprint density at radius 3 is 2.92 bits per heavy atom. The Balaban J connectivity index is 1.68. The standard InChI is InChI=1S/C17H16N2O3S2/c1-2-24(20,21)19-7-5-13-9-12(3-4-16(13)19)15-11-23-17(18-15)14-6-8-22-10-14/h3-4,6,8-11H,2,5,7H2,1H3. The molecule has 0 N–H and O–H groups in total. The highest BCUT2D eigenvalue weighted by Crippen LogP contribution is 2.35. The van der Waals surface area contributed by atoms with Gasteiger partial charge in [0, 0.05) is 23.1 Å². The van der Waals surface area contributed by atoms with E-state index in [-0.39, 0.29) is 5.75 Å². The van der Waals surface area contributed by atoms with Gasteiger partial charge in [-0.25, -0.2) is 13.4 Å². The van der Waals surface area contributed by atoms with Gasteiger partial charge in [-0.15, -0.1) is 11.3 Å². The monoisotopic (exact) mass is 360 g/mol. The number of sulfonamides is 1. The average Bonchev–Trinajstić information content (AvgIpc) is 3.32. The van der Waals surface area contributed by atoms with Crippen molar-refractivity contribution in [1.82, 2.24) is 4.98 Å². The smallest absolute Gasteiger partial charge is 0.234 e. The van der Waals surface area contributed by atoms with E-state index in [0.717, 1.165) is 39.5 Å². The molecule has 0 saturated carbocycles. The Bertz CT molecular complexity index is 975. The van der Waals surface area contributed by atoms with E-state index in [0.29, 0.717) is 6.54 Å². The van der Waals surface area contributed by atoms with Crippen LogP contribution in [0, 0.1) is 0 Å². The number of nitrogens with zero attached hydrogens (tertiary/aromatic N) is 2. The summed E-state index contributed by atoms with van der Waals surface area (Å²) >= 11 is 1.57. The zero-order valence-corrected chi connectivity index (χ0v) is 14.7. The summed E-state index contributed by atoms with van der Waals surface area (Å²) in [4.78, 5) is 4.66. The third kappa shape index (κ3) is 2.53. The lowest BCUT2D eigenvalue weighted by atomic mass is 10.1. The highest BCUT2D eigenvalue weighted by atomic mass is 32.2. The molecule has 0 fully saturated rings. The second kappa shape index (κ2) is 5.75. The van der Waals surface area contributed by atoms with Crippen LogP contribution in [0.25, 0.3) is 21.8 Å². The van der Waals surface area contributed by atoms with Gasteiger partial charge in [-0.3, -0.25) is 4.31 Å². The lowest BCUT2D eigenvalue weighted by Gasteiger charge is -2.18. The topological polar surface area (TPSA) is 63.4 Å². The molecule has 1 aromatic carbocycles. The molecule has 2 aromatic heterocycles. The molecule has 0 amide bonds. The third-order valence-corrected chi connectivity index (χ3v) is 6.87. The van der Waals surface area contributed by atoms with Crippen molar-refractivity contribution in [2.24, 2.45) is 0 Å². The summed E-state index contributed by atoms with van der Waals surface area (Å²) in [6.07, 6.45) is 4.05. The van der Waals surface area contributed by atoms with Crippen molar-refractivity contribution >= 4 is 27.0 Å². The van der Waals surface area contributed by atoms with Gasteiger partial charge in [0.15, 0.2) is 0 Å². The minimum Gasteiger partial charge on any atom is -0.472 e. The summed E-state index contributed by atoms with van der Waals surface area (Å²) in [6, 6.07) is 7.77. The molecule has 3 aromatic rings. The van der Waals surface area contributed by atoms with Crippen LogP contribution in [0.15, 0.2) is 46.6 Å². The second-order valence-electron chi connectivity index (χ2n) is 5.62. The molecule has 7 heteroatoms. The fourth-order valence-electron chi connectivity index (χ4n) is 2.90. The van der Waals surface area contributed by atoms with Gasteiger partial charge in [-0.1, -0.05) is 6.07 Å². The molecule has 1 aliphatic heterocycles. The molecule has 124 valence electrons. The predicted molar refractivity (Wildman–Crippen MR) is 95.8 cm³/mol. The van der Waals surface area contributed by atoms with Crippen LogP contribution in [0.5, 0.6) is 0 Å². The van der Waals surface area contributed by atoms with E-state index in [1.165, 1.54) is 4.31 Å². The first-order valence-corrected chi connectivity index (χ1v) is 10.2. The molecule has 1 aliphatic rings. The van der Waals surface area contributed by atoms with Gasteiger partial charge in [0.1, 0.15) is 11.3 Å². The van der Waals surface area contributed by atoms with Crippen LogP contribution in [-0.4, -0.2) is 25.7 Å². The molecular formula is C17H16N2O3S2. The van der Waals surface area contributed by atoms with Crippen molar-refractivity contribution in [3.63, 3.8) is 0 Å². The first-order valence-electron chi connectivity index (χ1n) is 7.70. The van der Waals surface area contributed by atoms with E-state index in [9.17, 15) is 8.42 Å². The van der Waals surface area contributed by atoms with Gasteiger partial charge in [0.2, 0.25) is 10.0 Å². The van der Waals surface area contributed by atoms with Crippen LogP contribution in [0.4, 0.5) is 5.69 Å². The van der Waals surface area contributed by atoms with E-state index < -0.39 is 10.0 Å². The Labute approximate surface area is 144 Å². The molecule has 5 nitrogen and oxygen atoms in total. The molecule has 0 bridgehead atoms. The molecule has 0 unspecified atom stereocenters. The van der Waals surface area contributed by atoms with E-state index >= 15 is 0 Å². The fourth-order valence-corrected chi connectivity index (χ4v) is 4.87. The van der Waals surface area contributed by atoms with E-state index in [1.54, 1.807) is 30.8 Å². The number of fused-ring (bicyclic) bond motifs is 1. The number of hydrogen-bond donors (Lipinski definition) is 0. The van der Waals surface area contributed by atoms with Crippen molar-refractivity contribution in [3.05, 3.63) is 47.7 Å². The molecule has 0 aliphatic carbocycles. The van der Waals surface area contributed by atoms with Crippen LogP contribution in [0.2, 0.25) is 0 Å². The number of hydrogen-bond acceptors (Lipinski definition) is 5. The van der Waals surface area contributed by atoms with E-state index in [2.05, 4.69) is 11.1 Å². The highest BCUT2D eigenvalue weighted by Gasteiger charge is 2.28. The second-order valence-corrected chi connectivity index (χ2v) is 8.66. The number of aromatic nitrogens is 1. The average molecular weight is 360 g/mol. The van der Waals surface area contributed by atoms with Gasteiger partial charge in [0.25, 0.3) is 0 Å². The minimum absolute atomic E-state index is 0.119. The van der Waals surface area contributed by atoms with Gasteiger partial charge >= 0.3 is 0 Å². The van der Waals surface area contributed by atoms with Crippen molar-refractivity contribution in [1.29, 1.82) is 0 Å². The lowest BCUT2D eigenvalue weighted by Crippen LogP contribution is -2.30. The molecule has 4 rings (SSSR count). The number of furan rings is 1. The summed E-state index contributed by atoms with van der Waals surface area (Å²) in [5.74, 6) is 0.119. The molecular weight excluding hydrogens is 344 g/mol. The zero-order valence-electron chi connectivity index (χ0n) is 13.1. The number of rotatable bonds is 4. The molecule has 0 spiro atoms. The van der Waals surface area contributed by atoms with Gasteiger partial charge in [-0.2, -0.15) is 0 Å². The molecule has 0 atom stereocenters. The van der Waals surface area contributed by atoms with Gasteiger partial charge in [-0.05, 0) is 37.1 Å². The van der Waals surface area contributed by atoms with Crippen LogP contribution in [0.3, 0.4) is 0 Å². The van der Waals surface area contributed by atoms with Crippen molar-refractivity contribution in [3.8, 4) is 21.8 Å². The van der Waals surface area contributed by atoms with Gasteiger partial charge in [0.05, 0.1) is 23.4 Å². The molecule has 0 radical (unpaired) electrons. The van der Waals surface area contributed by atoms with Crippen LogP contribution >= 0.6 is 11.3 Å². The normalized spacial score (nSPS) is 14.1. The van der Waals surface area contributed by atoms with E-state index in [4.69, 9.17) is 4.42 Å². The predicted octanol–water partition coefficient (Wildman–Crippen LogP) is 3.78. The Kier molecular flexibility index (Phi) is 3.69. The Morgan fingerprint density at radius 2 is 2.17 bits per heavy atom. The quantitative estimate of drug-likeness (QED) is 0.710. The number of anilines is 1. The summed E-state index contributed by atoms with van der Waals surface area (Å²) < 4.78 is 30.9. The number of thiazole rings is 1. The van der Waals surface area contributed by atoms with Crippen LogP contribution < -0.4 is 4.31 Å². The minimum atomic E-state index is -3.20. The fraction of sp³-hybridized carbons (Fsp3) is 0.235. The molecule has 24 heavy (non-hydrogen) atoms. The van der Waals surface area contributed by atoms with Crippen molar-refractivity contribution < 1.29 is 12.8 Å². The van der Waals surface area contributed by atoms with Gasteiger partial charge < -0.3 is 4.42 Å². The first-order chi connectivity index (χ1) is 11.6. The summed E-state index contributed by atoms with van der Waals surface area (Å²) in [6.45, 7) is 2.20. The van der Waals surface area contributed by atoms with E-state index in [1.807, 2.05) is 23.6 Å². The largest absolute Gasteiger partial charge is 0.472 e.